The van der Waals surface area contributed by atoms with Crippen molar-refractivity contribution in [1.82, 2.24) is 0 Å². The lowest BCUT2D eigenvalue weighted by molar-refractivity contribution is -0.167. The summed E-state index contributed by atoms with van der Waals surface area (Å²) in [4.78, 5) is 38.1. The average Bonchev–Trinajstić information content (AvgIpc) is 3.33. The lowest BCUT2D eigenvalue weighted by Crippen LogP contribution is -2.30. The first-order chi connectivity index (χ1) is 33.0. The van der Waals surface area contributed by atoms with Crippen LogP contribution in [0.4, 0.5) is 0 Å². The minimum Gasteiger partial charge on any atom is -0.462 e. The molecule has 0 saturated carbocycles. The average molecular weight is 936 g/mol. The molecule has 67 heavy (non-hydrogen) atoms. The molecule has 0 rings (SSSR count). The van der Waals surface area contributed by atoms with E-state index in [4.69, 9.17) is 14.2 Å². The molecule has 0 aliphatic rings. The zero-order chi connectivity index (χ0) is 48.6. The van der Waals surface area contributed by atoms with E-state index in [9.17, 15) is 14.4 Å². The molecule has 1 unspecified atom stereocenters. The van der Waals surface area contributed by atoms with Crippen LogP contribution in [0.2, 0.25) is 0 Å². The van der Waals surface area contributed by atoms with Crippen molar-refractivity contribution >= 4 is 17.9 Å². The second kappa shape index (κ2) is 55.4. The lowest BCUT2D eigenvalue weighted by Gasteiger charge is -2.18. The predicted octanol–water partition coefficient (Wildman–Crippen LogP) is 19.0. The number of carbonyl (C=O) groups is 3. The molecule has 0 aromatic heterocycles. The van der Waals surface area contributed by atoms with Gasteiger partial charge in [0.2, 0.25) is 0 Å². The molecule has 0 fully saturated rings. The Morgan fingerprint density at radius 2 is 0.597 bits per heavy atom. The van der Waals surface area contributed by atoms with Gasteiger partial charge in [-0.15, -0.1) is 0 Å². The summed E-state index contributed by atoms with van der Waals surface area (Å²) < 4.78 is 16.8. The third-order valence-electron chi connectivity index (χ3n) is 12.2. The van der Waals surface area contributed by atoms with Gasteiger partial charge in [0.15, 0.2) is 6.10 Å². The molecule has 6 heteroatoms. The van der Waals surface area contributed by atoms with Crippen LogP contribution in [-0.2, 0) is 28.6 Å². The van der Waals surface area contributed by atoms with E-state index >= 15 is 0 Å². The fourth-order valence-corrected chi connectivity index (χ4v) is 7.94. The van der Waals surface area contributed by atoms with Crippen LogP contribution in [-0.4, -0.2) is 37.2 Å². The van der Waals surface area contributed by atoms with Crippen molar-refractivity contribution in [1.29, 1.82) is 0 Å². The number of hydrogen-bond donors (Lipinski definition) is 0. The minimum absolute atomic E-state index is 0.101. The number of carbonyl (C=O) groups excluding carboxylic acids is 3. The SMILES string of the molecule is CC/C=C\C/C=C\C/C=C\CCCCCCC(=O)OCC(COC(=O)CCCCCCCCCCCCCCCCCCCC)OC(=O)CCC/C=C\C/C=C\C/C=C\CCCCCCCC. The van der Waals surface area contributed by atoms with Crippen LogP contribution in [0, 0.1) is 0 Å². The van der Waals surface area contributed by atoms with E-state index in [1.807, 2.05) is 0 Å². The largest absolute Gasteiger partial charge is 0.462 e. The highest BCUT2D eigenvalue weighted by Crippen LogP contribution is 2.16. The second-order valence-corrected chi connectivity index (χ2v) is 18.8. The summed E-state index contributed by atoms with van der Waals surface area (Å²) in [6, 6.07) is 0. The Bertz CT molecular complexity index is 1260. The summed E-state index contributed by atoms with van der Waals surface area (Å²) >= 11 is 0. The fourth-order valence-electron chi connectivity index (χ4n) is 7.94. The Kier molecular flexibility index (Phi) is 52.8. The summed E-state index contributed by atoms with van der Waals surface area (Å²) in [5, 5.41) is 0. The highest BCUT2D eigenvalue weighted by molar-refractivity contribution is 5.71. The Hall–Kier alpha value is -3.15. The van der Waals surface area contributed by atoms with Gasteiger partial charge < -0.3 is 14.2 Å². The van der Waals surface area contributed by atoms with E-state index < -0.39 is 6.10 Å². The molecule has 0 amide bonds. The number of ether oxygens (including phenoxy) is 3. The van der Waals surface area contributed by atoms with Crippen molar-refractivity contribution in [2.24, 2.45) is 0 Å². The van der Waals surface area contributed by atoms with Gasteiger partial charge in [-0.25, -0.2) is 0 Å². The molecule has 0 bridgehead atoms. The van der Waals surface area contributed by atoms with Gasteiger partial charge in [0.25, 0.3) is 0 Å². The van der Waals surface area contributed by atoms with Crippen molar-refractivity contribution in [3.8, 4) is 0 Å². The van der Waals surface area contributed by atoms with Crippen LogP contribution >= 0.6 is 0 Å². The number of hydrogen-bond acceptors (Lipinski definition) is 6. The first-order valence-electron chi connectivity index (χ1n) is 28.4. The van der Waals surface area contributed by atoms with Gasteiger partial charge in [0, 0.05) is 19.3 Å². The third kappa shape index (κ3) is 53.7. The smallest absolute Gasteiger partial charge is 0.306 e. The van der Waals surface area contributed by atoms with Crippen LogP contribution in [0.3, 0.4) is 0 Å². The molecule has 6 nitrogen and oxygen atoms in total. The van der Waals surface area contributed by atoms with Gasteiger partial charge in [-0.1, -0.05) is 248 Å². The summed E-state index contributed by atoms with van der Waals surface area (Å²) in [6.45, 7) is 6.48. The number of unbranched alkanes of at least 4 members (excludes halogenated alkanes) is 28. The van der Waals surface area contributed by atoms with E-state index in [2.05, 4.69) is 93.7 Å². The summed E-state index contributed by atoms with van der Waals surface area (Å²) in [6.07, 6.45) is 70.4. The maximum absolute atomic E-state index is 12.8. The number of esters is 3. The predicted molar refractivity (Wildman–Crippen MR) is 288 cm³/mol. The van der Waals surface area contributed by atoms with E-state index in [1.165, 1.54) is 141 Å². The first kappa shape index (κ1) is 63.8. The monoisotopic (exact) mass is 935 g/mol. The third-order valence-corrected chi connectivity index (χ3v) is 12.2. The zero-order valence-corrected chi connectivity index (χ0v) is 44.2. The molecular weight excluding hydrogens is 829 g/mol. The molecule has 386 valence electrons. The molecular formula is C61H106O6. The molecule has 0 aromatic carbocycles. The normalized spacial score (nSPS) is 12.6. The van der Waals surface area contributed by atoms with E-state index in [1.54, 1.807) is 0 Å². The second-order valence-electron chi connectivity index (χ2n) is 18.8. The summed E-state index contributed by atoms with van der Waals surface area (Å²) in [5.74, 6) is -0.968. The van der Waals surface area contributed by atoms with E-state index in [0.29, 0.717) is 19.3 Å². The van der Waals surface area contributed by atoms with Crippen molar-refractivity contribution < 1.29 is 28.6 Å². The maximum atomic E-state index is 12.8. The molecule has 0 saturated heterocycles. The zero-order valence-electron chi connectivity index (χ0n) is 44.2. The van der Waals surface area contributed by atoms with Gasteiger partial charge in [-0.3, -0.25) is 14.4 Å². The summed E-state index contributed by atoms with van der Waals surface area (Å²) in [5.41, 5.74) is 0. The molecule has 0 spiro atoms. The van der Waals surface area contributed by atoms with Gasteiger partial charge in [-0.05, 0) is 83.5 Å². The Morgan fingerprint density at radius 3 is 0.955 bits per heavy atom. The molecule has 0 aliphatic heterocycles. The highest BCUT2D eigenvalue weighted by Gasteiger charge is 2.19. The lowest BCUT2D eigenvalue weighted by atomic mass is 10.0. The molecule has 0 heterocycles. The van der Waals surface area contributed by atoms with Gasteiger partial charge in [0.1, 0.15) is 13.2 Å². The number of rotatable bonds is 51. The molecule has 1 atom stereocenters. The standard InChI is InChI=1S/C61H106O6/c1-4-7-10-13-16-19-22-25-28-30-32-33-36-39-42-45-48-51-54-60(63)66-57-58(56-65-59(62)53-50-47-44-41-38-35-27-24-21-18-15-12-9-6-3)67-61(64)55-52-49-46-43-40-37-34-31-29-26-23-20-17-14-11-8-5-2/h9,12,18,21,26-27,29,34-35,37,43,46,58H,4-8,10-11,13-17,19-20,22-25,28,30-33,36,38-42,44-45,47-57H2,1-3H3/b12-9-,21-18-,29-26-,35-27-,37-34-,46-43-. The van der Waals surface area contributed by atoms with Crippen LogP contribution in [0.1, 0.15) is 278 Å². The molecule has 0 aromatic rings. The fraction of sp³-hybridized carbons (Fsp3) is 0.754. The molecule has 0 aliphatic carbocycles. The van der Waals surface area contributed by atoms with E-state index in [0.717, 1.165) is 89.9 Å². The molecule has 0 N–H and O–H groups in total. The Balaban J connectivity index is 4.45. The van der Waals surface area contributed by atoms with Crippen molar-refractivity contribution in [3.05, 3.63) is 72.9 Å². The van der Waals surface area contributed by atoms with Gasteiger partial charge in [-0.2, -0.15) is 0 Å². The van der Waals surface area contributed by atoms with Crippen LogP contribution in [0.5, 0.6) is 0 Å². The van der Waals surface area contributed by atoms with Crippen LogP contribution in [0.15, 0.2) is 72.9 Å². The Labute approximate surface area is 414 Å². The summed E-state index contributed by atoms with van der Waals surface area (Å²) in [7, 11) is 0. The van der Waals surface area contributed by atoms with Crippen molar-refractivity contribution in [2.75, 3.05) is 13.2 Å². The maximum Gasteiger partial charge on any atom is 0.306 e. The van der Waals surface area contributed by atoms with Gasteiger partial charge in [0.05, 0.1) is 0 Å². The van der Waals surface area contributed by atoms with Crippen LogP contribution in [0.25, 0.3) is 0 Å². The van der Waals surface area contributed by atoms with Crippen molar-refractivity contribution in [3.63, 3.8) is 0 Å². The Morgan fingerprint density at radius 1 is 0.313 bits per heavy atom. The topological polar surface area (TPSA) is 78.9 Å². The van der Waals surface area contributed by atoms with Crippen LogP contribution < -0.4 is 0 Å². The van der Waals surface area contributed by atoms with Gasteiger partial charge >= 0.3 is 17.9 Å². The first-order valence-corrected chi connectivity index (χ1v) is 28.4. The minimum atomic E-state index is -0.810. The number of allylic oxidation sites excluding steroid dienone is 12. The van der Waals surface area contributed by atoms with E-state index in [-0.39, 0.29) is 37.5 Å². The quantitative estimate of drug-likeness (QED) is 0.0262. The highest BCUT2D eigenvalue weighted by atomic mass is 16.6. The molecule has 0 radical (unpaired) electrons. The van der Waals surface area contributed by atoms with Crippen molar-refractivity contribution in [2.45, 2.75) is 284 Å².